The molecular formula is C28H27BrN8O5. The van der Waals surface area contributed by atoms with Gasteiger partial charge in [0.2, 0.25) is 11.8 Å². The van der Waals surface area contributed by atoms with Crippen molar-refractivity contribution in [3.8, 4) is 11.3 Å². The highest BCUT2D eigenvalue weighted by Gasteiger charge is 2.78. The molecule has 4 aromatic heterocycles. The lowest BCUT2D eigenvalue weighted by atomic mass is 10.00. The molecule has 2 amide bonds. The Bertz CT molecular complexity index is 1780. The minimum Gasteiger partial charge on any atom is -0.396 e. The van der Waals surface area contributed by atoms with Crippen LogP contribution < -0.4 is 5.32 Å². The van der Waals surface area contributed by atoms with E-state index in [1.54, 1.807) is 44.4 Å². The molecule has 14 heteroatoms. The summed E-state index contributed by atoms with van der Waals surface area (Å²) in [6, 6.07) is 4.15. The molecule has 42 heavy (non-hydrogen) atoms. The number of Topliss-reactive ketones (excluding diaryl/α,β-unsaturated/α-hetero) is 1. The van der Waals surface area contributed by atoms with Crippen LogP contribution in [0.15, 0.2) is 41.4 Å². The maximum Gasteiger partial charge on any atom is 0.248 e. The fraction of sp³-hybridized carbons (Fsp3) is 0.357. The summed E-state index contributed by atoms with van der Waals surface area (Å²) in [4.78, 5) is 58.1. The van der Waals surface area contributed by atoms with Crippen molar-refractivity contribution in [3.05, 3.63) is 58.5 Å². The second-order valence-corrected chi connectivity index (χ2v) is 11.7. The zero-order chi connectivity index (χ0) is 30.0. The zero-order valence-corrected chi connectivity index (χ0v) is 24.6. The monoisotopic (exact) mass is 634 g/mol. The van der Waals surface area contributed by atoms with Gasteiger partial charge in [-0.05, 0) is 53.9 Å². The second-order valence-electron chi connectivity index (χ2n) is 10.9. The van der Waals surface area contributed by atoms with Crippen molar-refractivity contribution < 1.29 is 24.6 Å². The van der Waals surface area contributed by atoms with Crippen molar-refractivity contribution in [2.45, 2.75) is 51.9 Å². The van der Waals surface area contributed by atoms with E-state index in [0.717, 1.165) is 4.90 Å². The number of likely N-dealkylation sites (tertiary alicyclic amines) is 1. The van der Waals surface area contributed by atoms with Gasteiger partial charge in [0.05, 0.1) is 24.0 Å². The highest BCUT2D eigenvalue weighted by atomic mass is 79.9. The molecule has 216 valence electrons. The first-order valence-electron chi connectivity index (χ1n) is 13.2. The molecule has 3 atom stereocenters. The Morgan fingerprint density at radius 3 is 2.57 bits per heavy atom. The summed E-state index contributed by atoms with van der Waals surface area (Å²) in [7, 11) is 0. The van der Waals surface area contributed by atoms with Gasteiger partial charge < -0.3 is 15.5 Å². The number of nitrogens with one attached hydrogen (secondary N) is 1. The van der Waals surface area contributed by atoms with E-state index in [0.29, 0.717) is 44.0 Å². The molecule has 1 saturated carbocycles. The first kappa shape index (κ1) is 28.0. The van der Waals surface area contributed by atoms with Gasteiger partial charge >= 0.3 is 0 Å². The van der Waals surface area contributed by atoms with Crippen LogP contribution in [0.2, 0.25) is 0 Å². The Hall–Kier alpha value is -4.14. The standard InChI is InChI=1S/C28H27BrN8O5/c1-14-4-5-22(29)33-25(14)34-26(41)20-7-27(13-38)12-28(27,42)37(20)23(40)11-36-21-10-32-19(17-8-30-16(3)31-9-17)6-18(21)24(35-36)15(2)39/h4-6,8-10,20,38,42H,7,11-13H2,1-3H3,(H,33,34,41)/t20-,27-,28-/m0/s1. The van der Waals surface area contributed by atoms with Gasteiger partial charge in [-0.2, -0.15) is 5.10 Å². The second kappa shape index (κ2) is 10.00. The fourth-order valence-electron chi connectivity index (χ4n) is 5.73. The van der Waals surface area contributed by atoms with Crippen LogP contribution in [0.25, 0.3) is 22.2 Å². The van der Waals surface area contributed by atoms with Crippen molar-refractivity contribution in [1.82, 2.24) is 34.6 Å². The number of aliphatic hydroxyl groups is 2. The Balaban J connectivity index is 1.33. The molecule has 1 aliphatic carbocycles. The molecule has 1 aliphatic heterocycles. The zero-order valence-electron chi connectivity index (χ0n) is 23.0. The third-order valence-corrected chi connectivity index (χ3v) is 8.56. The van der Waals surface area contributed by atoms with Gasteiger partial charge in [-0.3, -0.25) is 28.9 Å². The van der Waals surface area contributed by atoms with Gasteiger partial charge in [-0.1, -0.05) is 6.07 Å². The van der Waals surface area contributed by atoms with Gasteiger partial charge in [0.15, 0.2) is 5.78 Å². The van der Waals surface area contributed by atoms with Gasteiger partial charge in [-0.25, -0.2) is 15.0 Å². The van der Waals surface area contributed by atoms with Crippen LogP contribution in [0, 0.1) is 19.3 Å². The summed E-state index contributed by atoms with van der Waals surface area (Å²) in [5.41, 5.74) is -0.224. The third-order valence-electron chi connectivity index (χ3n) is 8.11. The summed E-state index contributed by atoms with van der Waals surface area (Å²) in [5, 5.41) is 29.2. The number of hydrogen-bond acceptors (Lipinski definition) is 10. The summed E-state index contributed by atoms with van der Waals surface area (Å²) in [6.07, 6.45) is 4.99. The number of piperidine rings is 1. The van der Waals surface area contributed by atoms with Crippen molar-refractivity contribution >= 4 is 50.2 Å². The average molecular weight is 635 g/mol. The number of fused-ring (bicyclic) bond motifs is 2. The van der Waals surface area contributed by atoms with Crippen molar-refractivity contribution in [3.63, 3.8) is 0 Å². The van der Waals surface area contributed by atoms with Crippen LogP contribution in [-0.4, -0.2) is 80.8 Å². The molecule has 2 aliphatic rings. The molecule has 5 heterocycles. The van der Waals surface area contributed by atoms with E-state index in [9.17, 15) is 24.6 Å². The maximum atomic E-state index is 13.8. The molecule has 0 radical (unpaired) electrons. The molecule has 6 rings (SSSR count). The van der Waals surface area contributed by atoms with Crippen LogP contribution in [0.5, 0.6) is 0 Å². The third kappa shape index (κ3) is 4.46. The molecule has 0 bridgehead atoms. The van der Waals surface area contributed by atoms with Crippen LogP contribution in [0.4, 0.5) is 5.82 Å². The minimum atomic E-state index is -1.69. The van der Waals surface area contributed by atoms with Crippen LogP contribution >= 0.6 is 15.9 Å². The highest BCUT2D eigenvalue weighted by molar-refractivity contribution is 9.10. The molecule has 0 unspecified atom stereocenters. The number of ketones is 1. The van der Waals surface area contributed by atoms with Crippen LogP contribution in [-0.2, 0) is 16.1 Å². The Labute approximate surface area is 248 Å². The predicted molar refractivity (Wildman–Crippen MR) is 153 cm³/mol. The number of amides is 2. The highest BCUT2D eigenvalue weighted by Crippen LogP contribution is 2.66. The lowest BCUT2D eigenvalue weighted by Crippen LogP contribution is -2.51. The number of nitrogens with zero attached hydrogens (tertiary/aromatic N) is 7. The molecule has 0 aromatic carbocycles. The van der Waals surface area contributed by atoms with Crippen molar-refractivity contribution in [2.75, 3.05) is 11.9 Å². The van der Waals surface area contributed by atoms with E-state index in [-0.39, 0.29) is 37.5 Å². The maximum absolute atomic E-state index is 13.8. The molecule has 1 saturated heterocycles. The van der Waals surface area contributed by atoms with Gasteiger partial charge in [0.25, 0.3) is 0 Å². The normalized spacial score (nSPS) is 22.7. The van der Waals surface area contributed by atoms with E-state index in [4.69, 9.17) is 0 Å². The van der Waals surface area contributed by atoms with E-state index >= 15 is 0 Å². The SMILES string of the molecule is CC(=O)c1nn(CC(=O)N2[C@H](C(=O)Nc3nc(Br)ccc3C)C[C@@]3(CO)C[C@@]23O)c2cnc(-c3cnc(C)nc3)cc12. The molecule has 4 aromatic rings. The minimum absolute atomic E-state index is 0.0761. The number of carbonyl (C=O) groups is 3. The number of halogens is 1. The summed E-state index contributed by atoms with van der Waals surface area (Å²) < 4.78 is 1.87. The Kier molecular flexibility index (Phi) is 6.66. The number of aliphatic hydroxyl groups excluding tert-OH is 1. The largest absolute Gasteiger partial charge is 0.396 e. The lowest BCUT2D eigenvalue weighted by Gasteiger charge is -2.30. The summed E-state index contributed by atoms with van der Waals surface area (Å²) >= 11 is 3.29. The number of anilines is 1. The number of aromatic nitrogens is 6. The topological polar surface area (TPSA) is 176 Å². The number of pyridine rings is 2. The quantitative estimate of drug-likeness (QED) is 0.202. The van der Waals surface area contributed by atoms with Gasteiger partial charge in [-0.15, -0.1) is 0 Å². The summed E-state index contributed by atoms with van der Waals surface area (Å²) in [6.45, 7) is 4.17. The van der Waals surface area contributed by atoms with Gasteiger partial charge in [0, 0.05) is 42.1 Å². The molecule has 3 N–H and O–H groups in total. The fourth-order valence-corrected chi connectivity index (χ4v) is 6.04. The van der Waals surface area contributed by atoms with Crippen molar-refractivity contribution in [1.29, 1.82) is 0 Å². The Morgan fingerprint density at radius 2 is 1.88 bits per heavy atom. The molecular weight excluding hydrogens is 608 g/mol. The number of aryl methyl sites for hydroxylation is 2. The molecule has 0 spiro atoms. The Morgan fingerprint density at radius 1 is 1.14 bits per heavy atom. The smallest absolute Gasteiger partial charge is 0.248 e. The van der Waals surface area contributed by atoms with Crippen LogP contribution in [0.1, 0.15) is 41.6 Å². The predicted octanol–water partition coefficient (Wildman–Crippen LogP) is 2.18. The van der Waals surface area contributed by atoms with E-state index < -0.39 is 29.0 Å². The molecule has 2 fully saturated rings. The average Bonchev–Trinajstić information content (AvgIpc) is 3.25. The van der Waals surface area contributed by atoms with E-state index in [1.807, 2.05) is 0 Å². The van der Waals surface area contributed by atoms with Gasteiger partial charge in [0.1, 0.15) is 40.3 Å². The van der Waals surface area contributed by atoms with E-state index in [2.05, 4.69) is 46.3 Å². The lowest BCUT2D eigenvalue weighted by molar-refractivity contribution is -0.151. The first-order valence-corrected chi connectivity index (χ1v) is 14.0. The van der Waals surface area contributed by atoms with Crippen molar-refractivity contribution in [2.24, 2.45) is 5.41 Å². The first-order chi connectivity index (χ1) is 20.0. The summed E-state index contributed by atoms with van der Waals surface area (Å²) in [5.74, 6) is -0.516. The molecule has 13 nitrogen and oxygen atoms in total. The van der Waals surface area contributed by atoms with E-state index in [1.165, 1.54) is 17.8 Å². The van der Waals surface area contributed by atoms with Crippen LogP contribution in [0.3, 0.4) is 0 Å². The number of carbonyl (C=O) groups excluding carboxylic acids is 3. The number of hydrogen-bond donors (Lipinski definition) is 3. The number of rotatable bonds is 7.